The lowest BCUT2D eigenvalue weighted by atomic mass is 10.00. The Balaban J connectivity index is 2.35. The van der Waals surface area contributed by atoms with Crippen molar-refractivity contribution in [1.82, 2.24) is 0 Å². The van der Waals surface area contributed by atoms with E-state index in [4.69, 9.17) is 0 Å². The van der Waals surface area contributed by atoms with E-state index in [9.17, 15) is 18.3 Å². The summed E-state index contributed by atoms with van der Waals surface area (Å²) in [5, 5.41) is 9.50. The highest BCUT2D eigenvalue weighted by Crippen LogP contribution is 2.31. The van der Waals surface area contributed by atoms with Crippen LogP contribution >= 0.6 is 0 Å². The van der Waals surface area contributed by atoms with Gasteiger partial charge in [0.2, 0.25) is 0 Å². The Labute approximate surface area is 109 Å². The summed E-state index contributed by atoms with van der Waals surface area (Å²) in [4.78, 5) is 0. The molecule has 0 saturated carbocycles. The van der Waals surface area contributed by atoms with Crippen molar-refractivity contribution in [1.29, 1.82) is 0 Å². The molecule has 100 valence electrons. The van der Waals surface area contributed by atoms with E-state index in [0.717, 1.165) is 23.3 Å². The number of rotatable bonds is 2. The predicted octanol–water partition coefficient (Wildman–Crippen LogP) is 4.43. The second-order valence-corrected chi connectivity index (χ2v) is 4.38. The van der Waals surface area contributed by atoms with Gasteiger partial charge in [0.25, 0.3) is 0 Å². The molecule has 0 heterocycles. The van der Waals surface area contributed by atoms with Crippen molar-refractivity contribution in [2.75, 3.05) is 0 Å². The Hall–Kier alpha value is -1.81. The second kappa shape index (κ2) is 5.05. The summed E-state index contributed by atoms with van der Waals surface area (Å²) in [5.41, 5.74) is 1.54. The number of hydrogen-bond acceptors (Lipinski definition) is 1. The fourth-order valence-corrected chi connectivity index (χ4v) is 1.83. The minimum Gasteiger partial charge on any atom is -0.389 e. The van der Waals surface area contributed by atoms with Crippen LogP contribution in [0.5, 0.6) is 0 Å². The second-order valence-electron chi connectivity index (χ2n) is 4.38. The predicted molar refractivity (Wildman–Crippen MR) is 67.5 cm³/mol. The third-order valence-corrected chi connectivity index (χ3v) is 2.91. The third-order valence-electron chi connectivity index (χ3n) is 2.91. The molecular formula is C15H13F3O. The molecule has 0 spiro atoms. The normalized spacial score (nSPS) is 13.3. The van der Waals surface area contributed by atoms with Crippen molar-refractivity contribution in [3.63, 3.8) is 0 Å². The van der Waals surface area contributed by atoms with Crippen LogP contribution in [-0.4, -0.2) is 5.11 Å². The van der Waals surface area contributed by atoms with E-state index < -0.39 is 17.8 Å². The molecule has 0 radical (unpaired) electrons. The SMILES string of the molecule is C[C@@H](O)c1cccc(-c2ccc(C(F)(F)F)cc2)c1. The summed E-state index contributed by atoms with van der Waals surface area (Å²) in [7, 11) is 0. The molecule has 0 aliphatic carbocycles. The minimum absolute atomic E-state index is 0.602. The Morgan fingerprint density at radius 3 is 2.11 bits per heavy atom. The van der Waals surface area contributed by atoms with Crippen molar-refractivity contribution < 1.29 is 18.3 Å². The van der Waals surface area contributed by atoms with Gasteiger partial charge < -0.3 is 5.11 Å². The van der Waals surface area contributed by atoms with Crippen LogP contribution in [0.15, 0.2) is 48.5 Å². The molecule has 0 fully saturated rings. The maximum Gasteiger partial charge on any atom is 0.416 e. The zero-order valence-corrected chi connectivity index (χ0v) is 10.3. The topological polar surface area (TPSA) is 20.2 Å². The quantitative estimate of drug-likeness (QED) is 0.852. The summed E-state index contributed by atoms with van der Waals surface area (Å²) in [5.74, 6) is 0. The molecule has 1 nitrogen and oxygen atoms in total. The van der Waals surface area contributed by atoms with Crippen LogP contribution in [0, 0.1) is 0 Å². The van der Waals surface area contributed by atoms with Gasteiger partial charge in [0, 0.05) is 0 Å². The summed E-state index contributed by atoms with van der Waals surface area (Å²) in [6.45, 7) is 1.64. The molecule has 1 N–H and O–H groups in total. The van der Waals surface area contributed by atoms with Crippen molar-refractivity contribution in [2.45, 2.75) is 19.2 Å². The molecule has 0 amide bonds. The van der Waals surface area contributed by atoms with E-state index in [1.807, 2.05) is 0 Å². The lowest BCUT2D eigenvalue weighted by Crippen LogP contribution is -2.04. The molecule has 0 aliphatic rings. The van der Waals surface area contributed by atoms with E-state index in [0.29, 0.717) is 5.56 Å². The van der Waals surface area contributed by atoms with Gasteiger partial charge in [0.05, 0.1) is 11.7 Å². The van der Waals surface area contributed by atoms with E-state index in [1.165, 1.54) is 12.1 Å². The highest BCUT2D eigenvalue weighted by Gasteiger charge is 2.29. The van der Waals surface area contributed by atoms with Crippen LogP contribution in [-0.2, 0) is 6.18 Å². The largest absolute Gasteiger partial charge is 0.416 e. The van der Waals surface area contributed by atoms with Crippen LogP contribution in [0.25, 0.3) is 11.1 Å². The molecule has 19 heavy (non-hydrogen) atoms. The average Bonchev–Trinajstić information content (AvgIpc) is 2.38. The average molecular weight is 266 g/mol. The zero-order valence-electron chi connectivity index (χ0n) is 10.3. The summed E-state index contributed by atoms with van der Waals surface area (Å²) < 4.78 is 37.4. The maximum atomic E-state index is 12.5. The monoisotopic (exact) mass is 266 g/mol. The third kappa shape index (κ3) is 3.15. The molecule has 1 atom stereocenters. The first-order valence-electron chi connectivity index (χ1n) is 5.83. The van der Waals surface area contributed by atoms with Crippen molar-refractivity contribution in [3.05, 3.63) is 59.7 Å². The number of benzene rings is 2. The Kier molecular flexibility index (Phi) is 3.62. The highest BCUT2D eigenvalue weighted by atomic mass is 19.4. The lowest BCUT2D eigenvalue weighted by molar-refractivity contribution is -0.137. The standard InChI is InChI=1S/C15H13F3O/c1-10(19)12-3-2-4-13(9-12)11-5-7-14(8-6-11)15(16,17)18/h2-10,19H,1H3/t10-/m1/s1. The Morgan fingerprint density at radius 1 is 0.947 bits per heavy atom. The number of hydrogen-bond donors (Lipinski definition) is 1. The van der Waals surface area contributed by atoms with Gasteiger partial charge in [-0.05, 0) is 41.8 Å². The van der Waals surface area contributed by atoms with Crippen LogP contribution in [0.2, 0.25) is 0 Å². The van der Waals surface area contributed by atoms with E-state index >= 15 is 0 Å². The molecule has 4 heteroatoms. The van der Waals surface area contributed by atoms with Gasteiger partial charge in [-0.25, -0.2) is 0 Å². The fraction of sp³-hybridized carbons (Fsp3) is 0.200. The number of halogens is 3. The molecule has 0 saturated heterocycles. The van der Waals surface area contributed by atoms with Crippen molar-refractivity contribution in [3.8, 4) is 11.1 Å². The van der Waals surface area contributed by atoms with Crippen molar-refractivity contribution in [2.24, 2.45) is 0 Å². The first-order valence-corrected chi connectivity index (χ1v) is 5.83. The van der Waals surface area contributed by atoms with Crippen LogP contribution in [0.3, 0.4) is 0 Å². The van der Waals surface area contributed by atoms with E-state index in [-0.39, 0.29) is 0 Å². The van der Waals surface area contributed by atoms with Gasteiger partial charge in [-0.15, -0.1) is 0 Å². The molecule has 2 aromatic rings. The molecule has 2 aromatic carbocycles. The summed E-state index contributed by atoms with van der Waals surface area (Å²) in [6, 6.07) is 12.1. The van der Waals surface area contributed by atoms with E-state index in [2.05, 4.69) is 0 Å². The number of aliphatic hydroxyl groups excluding tert-OH is 1. The van der Waals surface area contributed by atoms with Gasteiger partial charge in [0.1, 0.15) is 0 Å². The Morgan fingerprint density at radius 2 is 1.58 bits per heavy atom. The van der Waals surface area contributed by atoms with Crippen molar-refractivity contribution >= 4 is 0 Å². The fourth-order valence-electron chi connectivity index (χ4n) is 1.83. The van der Waals surface area contributed by atoms with Crippen LogP contribution < -0.4 is 0 Å². The molecule has 0 aromatic heterocycles. The Bertz CT molecular complexity index is 556. The molecule has 0 unspecified atom stereocenters. The molecule has 0 aliphatic heterocycles. The van der Waals surface area contributed by atoms with E-state index in [1.54, 1.807) is 31.2 Å². The number of alkyl halides is 3. The number of aliphatic hydroxyl groups is 1. The van der Waals surface area contributed by atoms with Gasteiger partial charge in [0.15, 0.2) is 0 Å². The first-order chi connectivity index (χ1) is 8.88. The first kappa shape index (κ1) is 13.6. The lowest BCUT2D eigenvalue weighted by Gasteiger charge is -2.10. The molecule has 2 rings (SSSR count). The van der Waals surface area contributed by atoms with Gasteiger partial charge in [-0.2, -0.15) is 13.2 Å². The van der Waals surface area contributed by atoms with Crippen LogP contribution in [0.4, 0.5) is 13.2 Å². The zero-order chi connectivity index (χ0) is 14.0. The molecule has 0 bridgehead atoms. The van der Waals surface area contributed by atoms with Gasteiger partial charge in [-0.1, -0.05) is 30.3 Å². The van der Waals surface area contributed by atoms with Gasteiger partial charge >= 0.3 is 6.18 Å². The summed E-state index contributed by atoms with van der Waals surface area (Å²) in [6.07, 6.45) is -4.92. The summed E-state index contributed by atoms with van der Waals surface area (Å²) >= 11 is 0. The smallest absolute Gasteiger partial charge is 0.389 e. The maximum absolute atomic E-state index is 12.5. The minimum atomic E-state index is -4.32. The van der Waals surface area contributed by atoms with Crippen LogP contribution in [0.1, 0.15) is 24.2 Å². The van der Waals surface area contributed by atoms with Gasteiger partial charge in [-0.3, -0.25) is 0 Å². The highest BCUT2D eigenvalue weighted by molar-refractivity contribution is 5.64. The molecular weight excluding hydrogens is 253 g/mol.